The Bertz CT molecular complexity index is 320. The molecule has 0 amide bonds. The van der Waals surface area contributed by atoms with Crippen LogP contribution in [0.5, 0.6) is 0 Å². The zero-order valence-corrected chi connectivity index (χ0v) is 9.91. The van der Waals surface area contributed by atoms with Crippen LogP contribution >= 0.6 is 0 Å². The molecule has 0 aromatic rings. The topological polar surface area (TPSA) is 57.6 Å². The largest absolute Gasteiger partial charge is 0.390 e. The molecule has 2 fully saturated rings. The Kier molecular flexibility index (Phi) is 3.05. The second kappa shape index (κ2) is 4.03. The van der Waals surface area contributed by atoms with E-state index in [1.165, 1.54) is 0 Å². The van der Waals surface area contributed by atoms with Crippen molar-refractivity contribution in [1.82, 2.24) is 4.90 Å². The van der Waals surface area contributed by atoms with Gasteiger partial charge in [-0.15, -0.1) is 0 Å². The van der Waals surface area contributed by atoms with Crippen LogP contribution in [0.4, 0.5) is 0 Å². The van der Waals surface area contributed by atoms with Gasteiger partial charge in [-0.05, 0) is 31.8 Å². The minimum atomic E-state index is -3.00. The van der Waals surface area contributed by atoms with Crippen LogP contribution in [0.15, 0.2) is 0 Å². The van der Waals surface area contributed by atoms with Crippen molar-refractivity contribution in [2.24, 2.45) is 5.92 Å². The van der Waals surface area contributed by atoms with Gasteiger partial charge >= 0.3 is 0 Å². The van der Waals surface area contributed by atoms with Crippen LogP contribution < -0.4 is 0 Å². The molecule has 0 spiro atoms. The van der Waals surface area contributed by atoms with E-state index in [1.54, 1.807) is 0 Å². The highest BCUT2D eigenvalue weighted by atomic mass is 32.2. The molecular formula is C10H19NO3S. The van der Waals surface area contributed by atoms with Gasteiger partial charge in [-0.1, -0.05) is 6.92 Å². The summed E-state index contributed by atoms with van der Waals surface area (Å²) in [6.07, 6.45) is 1.55. The van der Waals surface area contributed by atoms with Gasteiger partial charge in [-0.25, -0.2) is 8.42 Å². The van der Waals surface area contributed by atoms with Crippen molar-refractivity contribution in [3.8, 4) is 0 Å². The molecule has 0 saturated carbocycles. The van der Waals surface area contributed by atoms with Crippen LogP contribution in [0.2, 0.25) is 0 Å². The highest BCUT2D eigenvalue weighted by molar-refractivity contribution is 7.91. The van der Waals surface area contributed by atoms with Gasteiger partial charge in [0.05, 0.1) is 23.7 Å². The smallest absolute Gasteiger partial charge is 0.154 e. The van der Waals surface area contributed by atoms with Crippen molar-refractivity contribution >= 4 is 9.84 Å². The van der Waals surface area contributed by atoms with E-state index in [2.05, 4.69) is 11.8 Å². The molecule has 4 nitrogen and oxygen atoms in total. The van der Waals surface area contributed by atoms with Crippen molar-refractivity contribution in [2.45, 2.75) is 31.9 Å². The minimum Gasteiger partial charge on any atom is -0.390 e. The average molecular weight is 233 g/mol. The molecule has 0 bridgehead atoms. The van der Waals surface area contributed by atoms with Gasteiger partial charge in [0.2, 0.25) is 0 Å². The third-order valence-electron chi connectivity index (χ3n) is 3.58. The molecule has 0 unspecified atom stereocenters. The van der Waals surface area contributed by atoms with Crippen LogP contribution in [0, 0.1) is 5.92 Å². The number of hydrogen-bond acceptors (Lipinski definition) is 4. The van der Waals surface area contributed by atoms with E-state index in [9.17, 15) is 13.5 Å². The molecule has 0 aromatic carbocycles. The number of aliphatic hydroxyl groups is 1. The fourth-order valence-electron chi connectivity index (χ4n) is 2.52. The second-order valence-electron chi connectivity index (χ2n) is 4.93. The number of piperidine rings is 1. The maximum absolute atomic E-state index is 11.4. The lowest BCUT2D eigenvalue weighted by molar-refractivity contribution is 0.0609. The lowest BCUT2D eigenvalue weighted by Crippen LogP contribution is -2.46. The SMILES string of the molecule is CC1CCN([C@H]2CS(=O)(=O)C[C@@H]2O)CC1. The van der Waals surface area contributed by atoms with E-state index in [-0.39, 0.29) is 17.5 Å². The van der Waals surface area contributed by atoms with E-state index in [4.69, 9.17) is 0 Å². The molecule has 2 saturated heterocycles. The Hall–Kier alpha value is -0.130. The van der Waals surface area contributed by atoms with Crippen molar-refractivity contribution < 1.29 is 13.5 Å². The first-order valence-electron chi connectivity index (χ1n) is 5.60. The summed E-state index contributed by atoms with van der Waals surface area (Å²) in [7, 11) is -3.00. The van der Waals surface area contributed by atoms with E-state index >= 15 is 0 Å². The molecule has 2 aliphatic rings. The summed E-state index contributed by atoms with van der Waals surface area (Å²) < 4.78 is 22.7. The quantitative estimate of drug-likeness (QED) is 0.686. The van der Waals surface area contributed by atoms with Crippen LogP contribution in [0.1, 0.15) is 19.8 Å². The lowest BCUT2D eigenvalue weighted by atomic mass is 9.97. The normalized spacial score (nSPS) is 38.3. The Morgan fingerprint density at radius 3 is 2.27 bits per heavy atom. The summed E-state index contributed by atoms with van der Waals surface area (Å²) >= 11 is 0. The first-order valence-corrected chi connectivity index (χ1v) is 7.42. The van der Waals surface area contributed by atoms with Gasteiger partial charge in [0.15, 0.2) is 9.84 Å². The van der Waals surface area contributed by atoms with Crippen molar-refractivity contribution in [3.63, 3.8) is 0 Å². The number of aliphatic hydroxyl groups excluding tert-OH is 1. The highest BCUT2D eigenvalue weighted by Crippen LogP contribution is 2.24. The molecule has 0 aromatic heterocycles. The molecule has 2 rings (SSSR count). The van der Waals surface area contributed by atoms with E-state index in [1.807, 2.05) is 0 Å². The number of rotatable bonds is 1. The van der Waals surface area contributed by atoms with E-state index < -0.39 is 15.9 Å². The lowest BCUT2D eigenvalue weighted by Gasteiger charge is -2.35. The molecule has 88 valence electrons. The summed E-state index contributed by atoms with van der Waals surface area (Å²) in [5, 5.41) is 9.72. The maximum Gasteiger partial charge on any atom is 0.154 e. The Labute approximate surface area is 91.2 Å². The standard InChI is InChI=1S/C10H19NO3S/c1-8-2-4-11(5-3-8)9-6-15(13,14)7-10(9)12/h8-10,12H,2-7H2,1H3/t9-,10-/m0/s1. The highest BCUT2D eigenvalue weighted by Gasteiger charge is 2.40. The monoisotopic (exact) mass is 233 g/mol. The van der Waals surface area contributed by atoms with Crippen LogP contribution in [0.25, 0.3) is 0 Å². The summed E-state index contributed by atoms with van der Waals surface area (Å²) in [5.41, 5.74) is 0. The summed E-state index contributed by atoms with van der Waals surface area (Å²) in [6, 6.07) is -0.150. The summed E-state index contributed by atoms with van der Waals surface area (Å²) in [6.45, 7) is 4.08. The molecular weight excluding hydrogens is 214 g/mol. The summed E-state index contributed by atoms with van der Waals surface area (Å²) in [4.78, 5) is 2.15. The Morgan fingerprint density at radius 2 is 1.80 bits per heavy atom. The number of nitrogens with zero attached hydrogens (tertiary/aromatic N) is 1. The Morgan fingerprint density at radius 1 is 1.20 bits per heavy atom. The zero-order valence-electron chi connectivity index (χ0n) is 9.09. The molecule has 0 aliphatic carbocycles. The van der Waals surface area contributed by atoms with Crippen molar-refractivity contribution in [2.75, 3.05) is 24.6 Å². The maximum atomic E-state index is 11.4. The predicted molar refractivity (Wildman–Crippen MR) is 58.4 cm³/mol. The predicted octanol–water partition coefficient (Wildman–Crippen LogP) is -0.124. The minimum absolute atomic E-state index is 0.0519. The van der Waals surface area contributed by atoms with Gasteiger partial charge in [-0.3, -0.25) is 4.90 Å². The van der Waals surface area contributed by atoms with Gasteiger partial charge < -0.3 is 5.11 Å². The molecule has 1 N–H and O–H groups in total. The average Bonchev–Trinajstić information content (AvgIpc) is 2.41. The molecule has 2 heterocycles. The molecule has 15 heavy (non-hydrogen) atoms. The van der Waals surface area contributed by atoms with Crippen molar-refractivity contribution in [3.05, 3.63) is 0 Å². The van der Waals surface area contributed by atoms with Gasteiger partial charge in [0.25, 0.3) is 0 Å². The Balaban J connectivity index is 2.00. The fourth-order valence-corrected chi connectivity index (χ4v) is 4.35. The number of likely N-dealkylation sites (tertiary alicyclic amines) is 1. The molecule has 2 atom stereocenters. The molecule has 0 radical (unpaired) electrons. The van der Waals surface area contributed by atoms with Gasteiger partial charge in [-0.2, -0.15) is 0 Å². The zero-order chi connectivity index (χ0) is 11.1. The molecule has 2 aliphatic heterocycles. The van der Waals surface area contributed by atoms with Crippen LogP contribution in [-0.4, -0.2) is 55.2 Å². The summed E-state index contributed by atoms with van der Waals surface area (Å²) in [5.74, 6) is 0.822. The second-order valence-corrected chi connectivity index (χ2v) is 7.08. The van der Waals surface area contributed by atoms with Gasteiger partial charge in [0, 0.05) is 0 Å². The third-order valence-corrected chi connectivity index (χ3v) is 5.28. The third kappa shape index (κ3) is 2.52. The first kappa shape index (κ1) is 11.4. The van der Waals surface area contributed by atoms with E-state index in [0.717, 1.165) is 31.8 Å². The number of hydrogen-bond donors (Lipinski definition) is 1. The molecule has 5 heteroatoms. The van der Waals surface area contributed by atoms with Crippen molar-refractivity contribution in [1.29, 1.82) is 0 Å². The van der Waals surface area contributed by atoms with Crippen LogP contribution in [0.3, 0.4) is 0 Å². The number of sulfone groups is 1. The fraction of sp³-hybridized carbons (Fsp3) is 1.00. The van der Waals surface area contributed by atoms with Crippen LogP contribution in [-0.2, 0) is 9.84 Å². The van der Waals surface area contributed by atoms with E-state index in [0.29, 0.717) is 0 Å². The first-order chi connectivity index (χ1) is 6.98. The van der Waals surface area contributed by atoms with Gasteiger partial charge in [0.1, 0.15) is 0 Å².